The van der Waals surface area contributed by atoms with E-state index in [-0.39, 0.29) is 18.1 Å². The molecule has 1 amide bonds. The molecule has 1 fully saturated rings. The number of hydrogen-bond donors (Lipinski definition) is 1. The van der Waals surface area contributed by atoms with E-state index in [4.69, 9.17) is 0 Å². The number of aliphatic hydroxyl groups is 1. The van der Waals surface area contributed by atoms with Crippen LogP contribution < -0.4 is 0 Å². The Morgan fingerprint density at radius 1 is 1.25 bits per heavy atom. The summed E-state index contributed by atoms with van der Waals surface area (Å²) < 4.78 is 2.14. The monoisotopic (exact) mass is 384 g/mol. The van der Waals surface area contributed by atoms with E-state index in [1.54, 1.807) is 12.4 Å². The van der Waals surface area contributed by atoms with Crippen molar-refractivity contribution in [3.63, 3.8) is 0 Å². The molecule has 150 valence electrons. The lowest BCUT2D eigenvalue weighted by molar-refractivity contribution is -0.132. The topological polar surface area (TPSA) is 87.4 Å². The maximum Gasteiger partial charge on any atom is 0.223 e. The smallest absolute Gasteiger partial charge is 0.223 e. The van der Waals surface area contributed by atoms with Gasteiger partial charge in [-0.25, -0.2) is 0 Å². The maximum absolute atomic E-state index is 12.4. The van der Waals surface area contributed by atoms with E-state index in [2.05, 4.69) is 31.6 Å². The lowest BCUT2D eigenvalue weighted by Crippen LogP contribution is -2.39. The van der Waals surface area contributed by atoms with E-state index in [0.29, 0.717) is 39.0 Å². The second kappa shape index (κ2) is 8.36. The van der Waals surface area contributed by atoms with Gasteiger partial charge in [-0.3, -0.25) is 14.7 Å². The molecule has 1 N–H and O–H groups in total. The minimum atomic E-state index is -0.365. The van der Waals surface area contributed by atoms with Crippen molar-refractivity contribution in [2.24, 2.45) is 0 Å². The van der Waals surface area contributed by atoms with Crippen LogP contribution in [0.1, 0.15) is 55.9 Å². The second-order valence-corrected chi connectivity index (χ2v) is 7.74. The largest absolute Gasteiger partial charge is 0.392 e. The fraction of sp³-hybridized carbons (Fsp3) is 0.600. The zero-order valence-corrected chi connectivity index (χ0v) is 16.4. The van der Waals surface area contributed by atoms with Gasteiger partial charge < -0.3 is 14.6 Å². The molecule has 2 aromatic rings. The van der Waals surface area contributed by atoms with Crippen LogP contribution in [0.15, 0.2) is 24.5 Å². The average molecular weight is 384 g/mol. The second-order valence-electron chi connectivity index (χ2n) is 7.74. The summed E-state index contributed by atoms with van der Waals surface area (Å²) in [6.45, 7) is 5.39. The quantitative estimate of drug-likeness (QED) is 0.812. The molecule has 0 radical (unpaired) electrons. The first-order valence-corrected chi connectivity index (χ1v) is 10.2. The molecule has 2 atom stereocenters. The zero-order chi connectivity index (χ0) is 19.5. The molecule has 0 unspecified atom stereocenters. The predicted octanol–water partition coefficient (Wildman–Crippen LogP) is 1.51. The van der Waals surface area contributed by atoms with Gasteiger partial charge in [0.15, 0.2) is 11.6 Å². The number of unbranched alkanes of at least 4 members (excludes halogenated alkanes) is 1. The Morgan fingerprint density at radius 3 is 2.86 bits per heavy atom. The summed E-state index contributed by atoms with van der Waals surface area (Å²) in [6, 6.07) is 4.04. The van der Waals surface area contributed by atoms with Gasteiger partial charge in [-0.1, -0.05) is 13.3 Å². The highest BCUT2D eigenvalue weighted by molar-refractivity contribution is 5.76. The van der Waals surface area contributed by atoms with Crippen LogP contribution in [-0.4, -0.2) is 59.8 Å². The third-order valence-electron chi connectivity index (χ3n) is 5.69. The number of carbonyl (C=O) groups excluding carboxylic acids is 1. The van der Waals surface area contributed by atoms with Crippen LogP contribution in [-0.2, 0) is 24.4 Å². The van der Waals surface area contributed by atoms with E-state index < -0.39 is 0 Å². The summed E-state index contributed by atoms with van der Waals surface area (Å²) >= 11 is 0. The third-order valence-corrected chi connectivity index (χ3v) is 5.69. The van der Waals surface area contributed by atoms with Gasteiger partial charge in [0.25, 0.3) is 0 Å². The number of likely N-dealkylation sites (tertiary alicyclic amines) is 1. The fourth-order valence-electron chi connectivity index (χ4n) is 4.17. The van der Waals surface area contributed by atoms with E-state index in [0.717, 1.165) is 31.0 Å². The van der Waals surface area contributed by atoms with Crippen molar-refractivity contribution in [1.82, 2.24) is 29.5 Å². The molecule has 4 heterocycles. The number of β-amino-alcohol motifs (C(OH)–C–C–N with tert-alkyl or cyclic N) is 1. The Bertz CT molecular complexity index is 808. The lowest BCUT2D eigenvalue weighted by Gasteiger charge is -2.30. The summed E-state index contributed by atoms with van der Waals surface area (Å²) in [6.07, 6.45) is 6.43. The number of nitrogens with zero attached hydrogens (tertiary/aromatic N) is 6. The van der Waals surface area contributed by atoms with E-state index in [9.17, 15) is 9.90 Å². The lowest BCUT2D eigenvalue weighted by atomic mass is 10.1. The molecule has 4 rings (SSSR count). The summed E-state index contributed by atoms with van der Waals surface area (Å²) in [7, 11) is 0. The standard InChI is InChI=1S/C20H28N6O2/c1-2-3-4-19(28)24-9-10-26-18(14-24)22-23-20(26)17-11-16(27)13-25(17)12-15-5-7-21-8-6-15/h5-8,16-17,27H,2-4,9-14H2,1H3/t16-,17+/m1/s1. The highest BCUT2D eigenvalue weighted by Crippen LogP contribution is 2.33. The molecule has 1 saturated heterocycles. The molecule has 0 saturated carbocycles. The van der Waals surface area contributed by atoms with Gasteiger partial charge in [0.05, 0.1) is 18.7 Å². The molecule has 8 heteroatoms. The summed E-state index contributed by atoms with van der Waals surface area (Å²) in [5.74, 6) is 1.95. The molecule has 2 aromatic heterocycles. The van der Waals surface area contributed by atoms with Crippen LogP contribution in [0.5, 0.6) is 0 Å². The van der Waals surface area contributed by atoms with E-state index in [1.165, 1.54) is 5.56 Å². The van der Waals surface area contributed by atoms with Crippen molar-refractivity contribution in [2.75, 3.05) is 13.1 Å². The molecule has 0 aliphatic carbocycles. The Kier molecular flexibility index (Phi) is 5.68. The van der Waals surface area contributed by atoms with Crippen LogP contribution >= 0.6 is 0 Å². The normalized spacial score (nSPS) is 22.4. The first-order valence-electron chi connectivity index (χ1n) is 10.2. The highest BCUT2D eigenvalue weighted by atomic mass is 16.3. The number of fused-ring (bicyclic) bond motifs is 1. The van der Waals surface area contributed by atoms with Crippen LogP contribution in [0.3, 0.4) is 0 Å². The molecule has 28 heavy (non-hydrogen) atoms. The Hall–Kier alpha value is -2.32. The van der Waals surface area contributed by atoms with Gasteiger partial charge in [0, 0.05) is 45.0 Å². The molecule has 0 spiro atoms. The van der Waals surface area contributed by atoms with Crippen LogP contribution in [0.4, 0.5) is 0 Å². The SMILES string of the molecule is CCCCC(=O)N1CCn2c(nnc2[C@@H]2C[C@@H](O)CN2Cc2ccncc2)C1. The van der Waals surface area contributed by atoms with Gasteiger partial charge in [0.1, 0.15) is 0 Å². The first-order chi connectivity index (χ1) is 13.7. The molecule has 2 aliphatic heterocycles. The van der Waals surface area contributed by atoms with E-state index in [1.807, 2.05) is 17.0 Å². The minimum absolute atomic E-state index is 0.0340. The van der Waals surface area contributed by atoms with Gasteiger partial charge in [-0.05, 0) is 30.5 Å². The number of pyridine rings is 1. The van der Waals surface area contributed by atoms with Gasteiger partial charge in [0.2, 0.25) is 5.91 Å². The number of aliphatic hydroxyl groups excluding tert-OH is 1. The van der Waals surface area contributed by atoms with Gasteiger partial charge in [-0.15, -0.1) is 10.2 Å². The minimum Gasteiger partial charge on any atom is -0.392 e. The Morgan fingerprint density at radius 2 is 2.07 bits per heavy atom. The molecular formula is C20H28N6O2. The highest BCUT2D eigenvalue weighted by Gasteiger charge is 2.37. The van der Waals surface area contributed by atoms with Crippen LogP contribution in [0.25, 0.3) is 0 Å². The fourth-order valence-corrected chi connectivity index (χ4v) is 4.17. The average Bonchev–Trinajstić information content (AvgIpc) is 3.29. The maximum atomic E-state index is 12.4. The molecule has 8 nitrogen and oxygen atoms in total. The molecular weight excluding hydrogens is 356 g/mol. The zero-order valence-electron chi connectivity index (χ0n) is 16.4. The number of amides is 1. The molecule has 0 bridgehead atoms. The Labute approximate surface area is 165 Å². The predicted molar refractivity (Wildman–Crippen MR) is 103 cm³/mol. The first kappa shape index (κ1) is 19.0. The van der Waals surface area contributed by atoms with Crippen molar-refractivity contribution in [3.8, 4) is 0 Å². The molecule has 2 aliphatic rings. The van der Waals surface area contributed by atoms with Crippen molar-refractivity contribution in [3.05, 3.63) is 41.7 Å². The summed E-state index contributed by atoms with van der Waals surface area (Å²) in [5, 5.41) is 19.1. The number of hydrogen-bond acceptors (Lipinski definition) is 6. The van der Waals surface area contributed by atoms with E-state index >= 15 is 0 Å². The van der Waals surface area contributed by atoms with Crippen molar-refractivity contribution in [1.29, 1.82) is 0 Å². The number of rotatable bonds is 6. The van der Waals surface area contributed by atoms with Gasteiger partial charge >= 0.3 is 0 Å². The van der Waals surface area contributed by atoms with Crippen molar-refractivity contribution >= 4 is 5.91 Å². The number of aromatic nitrogens is 4. The van der Waals surface area contributed by atoms with Crippen LogP contribution in [0.2, 0.25) is 0 Å². The number of carbonyl (C=O) groups is 1. The van der Waals surface area contributed by atoms with Crippen molar-refractivity contribution < 1.29 is 9.90 Å². The Balaban J connectivity index is 1.49. The molecule has 0 aromatic carbocycles. The third kappa shape index (κ3) is 3.93. The van der Waals surface area contributed by atoms with Crippen molar-refractivity contribution in [2.45, 2.75) is 64.4 Å². The summed E-state index contributed by atoms with van der Waals surface area (Å²) in [5.41, 5.74) is 1.17. The van der Waals surface area contributed by atoms with Gasteiger partial charge in [-0.2, -0.15) is 0 Å². The summed E-state index contributed by atoms with van der Waals surface area (Å²) in [4.78, 5) is 20.6. The van der Waals surface area contributed by atoms with Crippen LogP contribution in [0, 0.1) is 0 Å².